The first-order chi connectivity index (χ1) is 9.26. The zero-order valence-electron chi connectivity index (χ0n) is 10.7. The highest BCUT2D eigenvalue weighted by Crippen LogP contribution is 2.40. The lowest BCUT2D eigenvalue weighted by atomic mass is 10.1. The molecule has 2 aromatic rings. The van der Waals surface area contributed by atoms with E-state index in [4.69, 9.17) is 22.1 Å². The van der Waals surface area contributed by atoms with E-state index in [1.807, 2.05) is 36.4 Å². The smallest absolute Gasteiger partial charge is 0.132 e. The van der Waals surface area contributed by atoms with Gasteiger partial charge >= 0.3 is 0 Å². The fourth-order valence-corrected chi connectivity index (χ4v) is 3.23. The van der Waals surface area contributed by atoms with E-state index in [-0.39, 0.29) is 0 Å². The van der Waals surface area contributed by atoms with Gasteiger partial charge in [-0.3, -0.25) is 0 Å². The van der Waals surface area contributed by atoms with Crippen molar-refractivity contribution in [3.05, 3.63) is 53.1 Å². The van der Waals surface area contributed by atoms with Crippen LogP contribution in [0.5, 0.6) is 5.75 Å². The summed E-state index contributed by atoms with van der Waals surface area (Å²) in [5, 5.41) is 0.752. The van der Waals surface area contributed by atoms with Gasteiger partial charge in [0.05, 0.1) is 17.0 Å². The lowest BCUT2D eigenvalue weighted by molar-refractivity contribution is 0.405. The van der Waals surface area contributed by atoms with Crippen molar-refractivity contribution in [1.29, 1.82) is 0 Å². The van der Waals surface area contributed by atoms with Crippen LogP contribution in [0.25, 0.3) is 0 Å². The number of benzene rings is 2. The molecule has 0 aliphatic rings. The van der Waals surface area contributed by atoms with E-state index >= 15 is 0 Å². The molecule has 2 aromatic carbocycles. The molecule has 100 valence electrons. The summed E-state index contributed by atoms with van der Waals surface area (Å²) >= 11 is 7.93. The SMILES string of the molecule is COc1ccccc1Sc1c(Cl)cccc1CCN. The minimum Gasteiger partial charge on any atom is -0.496 e. The number of ether oxygens (including phenoxy) is 1. The summed E-state index contributed by atoms with van der Waals surface area (Å²) < 4.78 is 5.37. The van der Waals surface area contributed by atoms with Crippen LogP contribution >= 0.6 is 23.4 Å². The van der Waals surface area contributed by atoms with Crippen LogP contribution in [0.1, 0.15) is 5.56 Å². The quantitative estimate of drug-likeness (QED) is 0.905. The predicted octanol–water partition coefficient (Wildman–Crippen LogP) is 4.00. The molecule has 0 aliphatic carbocycles. The molecule has 2 rings (SSSR count). The van der Waals surface area contributed by atoms with Crippen LogP contribution in [0.2, 0.25) is 5.02 Å². The highest BCUT2D eigenvalue weighted by Gasteiger charge is 2.11. The highest BCUT2D eigenvalue weighted by molar-refractivity contribution is 7.99. The van der Waals surface area contributed by atoms with Crippen molar-refractivity contribution in [2.75, 3.05) is 13.7 Å². The standard InChI is InChI=1S/C15H16ClNOS/c1-18-13-7-2-3-8-14(13)19-15-11(9-10-17)5-4-6-12(15)16/h2-8H,9-10,17H2,1H3. The summed E-state index contributed by atoms with van der Waals surface area (Å²) in [7, 11) is 1.67. The molecule has 0 heterocycles. The van der Waals surface area contributed by atoms with Crippen LogP contribution in [-0.4, -0.2) is 13.7 Å². The molecule has 0 aliphatic heterocycles. The Morgan fingerprint density at radius 1 is 1.16 bits per heavy atom. The monoisotopic (exact) mass is 293 g/mol. The van der Waals surface area contributed by atoms with Crippen LogP contribution in [0.3, 0.4) is 0 Å². The molecule has 0 saturated heterocycles. The zero-order chi connectivity index (χ0) is 13.7. The molecule has 0 amide bonds. The van der Waals surface area contributed by atoms with E-state index < -0.39 is 0 Å². The van der Waals surface area contributed by atoms with Crippen molar-refractivity contribution >= 4 is 23.4 Å². The molecule has 0 radical (unpaired) electrons. The van der Waals surface area contributed by atoms with Gasteiger partial charge in [-0.05, 0) is 36.7 Å². The van der Waals surface area contributed by atoms with Crippen molar-refractivity contribution in [2.45, 2.75) is 16.2 Å². The molecule has 4 heteroatoms. The Morgan fingerprint density at radius 3 is 2.68 bits per heavy atom. The number of hydrogen-bond donors (Lipinski definition) is 1. The molecular formula is C15H16ClNOS. The number of methoxy groups -OCH3 is 1. The van der Waals surface area contributed by atoms with Gasteiger partial charge in [0.15, 0.2) is 0 Å². The number of nitrogens with two attached hydrogens (primary N) is 1. The molecule has 0 saturated carbocycles. The second-order valence-corrected chi connectivity index (χ2v) is 5.48. The molecule has 19 heavy (non-hydrogen) atoms. The van der Waals surface area contributed by atoms with E-state index in [2.05, 4.69) is 6.07 Å². The van der Waals surface area contributed by atoms with Crippen LogP contribution in [-0.2, 0) is 6.42 Å². The molecule has 0 spiro atoms. The van der Waals surface area contributed by atoms with Crippen LogP contribution in [0.4, 0.5) is 0 Å². The maximum Gasteiger partial charge on any atom is 0.132 e. The lowest BCUT2D eigenvalue weighted by Crippen LogP contribution is -2.03. The average molecular weight is 294 g/mol. The maximum absolute atomic E-state index is 6.31. The van der Waals surface area contributed by atoms with Crippen molar-refractivity contribution in [3.63, 3.8) is 0 Å². The fraction of sp³-hybridized carbons (Fsp3) is 0.200. The van der Waals surface area contributed by atoms with Gasteiger partial charge in [0, 0.05) is 4.90 Å². The predicted molar refractivity (Wildman–Crippen MR) is 81.3 cm³/mol. The highest BCUT2D eigenvalue weighted by atomic mass is 35.5. The minimum atomic E-state index is 0.611. The molecule has 2 nitrogen and oxygen atoms in total. The molecule has 0 fully saturated rings. The first-order valence-electron chi connectivity index (χ1n) is 6.04. The summed E-state index contributed by atoms with van der Waals surface area (Å²) in [6.07, 6.45) is 0.818. The van der Waals surface area contributed by atoms with Crippen LogP contribution in [0, 0.1) is 0 Å². The molecular weight excluding hydrogens is 278 g/mol. The number of hydrogen-bond acceptors (Lipinski definition) is 3. The normalized spacial score (nSPS) is 10.5. The Morgan fingerprint density at radius 2 is 1.95 bits per heavy atom. The molecule has 0 atom stereocenters. The first-order valence-corrected chi connectivity index (χ1v) is 7.24. The third kappa shape index (κ3) is 3.44. The van der Waals surface area contributed by atoms with Crippen molar-refractivity contribution in [2.24, 2.45) is 5.73 Å². The molecule has 2 N–H and O–H groups in total. The van der Waals surface area contributed by atoms with Crippen LogP contribution < -0.4 is 10.5 Å². The van der Waals surface area contributed by atoms with E-state index in [1.165, 1.54) is 5.56 Å². The van der Waals surface area contributed by atoms with Gasteiger partial charge in [-0.2, -0.15) is 0 Å². The van der Waals surface area contributed by atoms with Crippen molar-refractivity contribution in [3.8, 4) is 5.75 Å². The topological polar surface area (TPSA) is 35.2 Å². The Balaban J connectivity index is 2.37. The largest absolute Gasteiger partial charge is 0.496 e. The van der Waals surface area contributed by atoms with Gasteiger partial charge in [-0.25, -0.2) is 0 Å². The second-order valence-electron chi connectivity index (χ2n) is 4.02. The lowest BCUT2D eigenvalue weighted by Gasteiger charge is -2.12. The van der Waals surface area contributed by atoms with Gasteiger partial charge in [0.25, 0.3) is 0 Å². The van der Waals surface area contributed by atoms with E-state index in [1.54, 1.807) is 18.9 Å². The maximum atomic E-state index is 6.31. The summed E-state index contributed by atoms with van der Waals surface area (Å²) in [6.45, 7) is 0.611. The zero-order valence-corrected chi connectivity index (χ0v) is 12.3. The Labute approximate surface area is 122 Å². The third-order valence-electron chi connectivity index (χ3n) is 2.74. The summed E-state index contributed by atoms with van der Waals surface area (Å²) in [5.41, 5.74) is 6.82. The summed E-state index contributed by atoms with van der Waals surface area (Å²) in [5.74, 6) is 0.853. The number of rotatable bonds is 5. The Kier molecular flexibility index (Phi) is 5.14. The summed E-state index contributed by atoms with van der Waals surface area (Å²) in [6, 6.07) is 13.8. The number of halogens is 1. The van der Waals surface area contributed by atoms with E-state index in [0.717, 1.165) is 27.0 Å². The first kappa shape index (κ1) is 14.3. The molecule has 0 aromatic heterocycles. The van der Waals surface area contributed by atoms with Gasteiger partial charge in [0.2, 0.25) is 0 Å². The fourth-order valence-electron chi connectivity index (χ4n) is 1.83. The second kappa shape index (κ2) is 6.85. The van der Waals surface area contributed by atoms with E-state index in [0.29, 0.717) is 6.54 Å². The average Bonchev–Trinajstić information content (AvgIpc) is 2.43. The minimum absolute atomic E-state index is 0.611. The number of para-hydroxylation sites is 1. The van der Waals surface area contributed by atoms with E-state index in [9.17, 15) is 0 Å². The Hall–Kier alpha value is -1.16. The van der Waals surface area contributed by atoms with Gasteiger partial charge in [-0.15, -0.1) is 0 Å². The molecule has 0 unspecified atom stereocenters. The third-order valence-corrected chi connectivity index (χ3v) is 4.41. The van der Waals surface area contributed by atoms with Crippen LogP contribution in [0.15, 0.2) is 52.3 Å². The van der Waals surface area contributed by atoms with Gasteiger partial charge < -0.3 is 10.5 Å². The molecule has 0 bridgehead atoms. The van der Waals surface area contributed by atoms with Crippen molar-refractivity contribution < 1.29 is 4.74 Å². The van der Waals surface area contributed by atoms with Gasteiger partial charge in [-0.1, -0.05) is 47.6 Å². The summed E-state index contributed by atoms with van der Waals surface area (Å²) in [4.78, 5) is 2.11. The van der Waals surface area contributed by atoms with Gasteiger partial charge in [0.1, 0.15) is 5.75 Å². The van der Waals surface area contributed by atoms with Crippen molar-refractivity contribution in [1.82, 2.24) is 0 Å². The Bertz CT molecular complexity index is 560.